The van der Waals surface area contributed by atoms with Crippen LogP contribution in [0.5, 0.6) is 0 Å². The standard InChI is InChI=1S/C16H17FN4O2/c1-8-9(2)20-21-16(23)13(8)15(22)19-12-4-3-10-7-18-6-5-11(10)14(12)17/h3-4,18H,5-7H2,1-2H3,(H,19,22)(H,21,23). The van der Waals surface area contributed by atoms with Crippen molar-refractivity contribution in [2.75, 3.05) is 11.9 Å². The van der Waals surface area contributed by atoms with Crippen molar-refractivity contribution in [2.24, 2.45) is 0 Å². The van der Waals surface area contributed by atoms with Crippen molar-refractivity contribution in [1.29, 1.82) is 0 Å². The second-order valence-electron chi connectivity index (χ2n) is 5.58. The van der Waals surface area contributed by atoms with Crippen LogP contribution in [0.3, 0.4) is 0 Å². The Kier molecular flexibility index (Phi) is 3.96. The molecule has 2 aromatic rings. The number of hydrogen-bond donors (Lipinski definition) is 3. The highest BCUT2D eigenvalue weighted by Gasteiger charge is 2.20. The maximum Gasteiger partial charge on any atom is 0.277 e. The van der Waals surface area contributed by atoms with Gasteiger partial charge < -0.3 is 10.6 Å². The smallest absolute Gasteiger partial charge is 0.277 e. The summed E-state index contributed by atoms with van der Waals surface area (Å²) in [4.78, 5) is 24.3. The van der Waals surface area contributed by atoms with Gasteiger partial charge in [-0.25, -0.2) is 9.49 Å². The van der Waals surface area contributed by atoms with Crippen LogP contribution in [0, 0.1) is 19.7 Å². The molecular formula is C16H17FN4O2. The molecule has 0 saturated carbocycles. The van der Waals surface area contributed by atoms with Gasteiger partial charge in [0.05, 0.1) is 11.4 Å². The van der Waals surface area contributed by atoms with Crippen molar-refractivity contribution < 1.29 is 9.18 Å². The number of aromatic amines is 1. The van der Waals surface area contributed by atoms with E-state index in [4.69, 9.17) is 0 Å². The van der Waals surface area contributed by atoms with Gasteiger partial charge >= 0.3 is 0 Å². The summed E-state index contributed by atoms with van der Waals surface area (Å²) in [5, 5.41) is 11.7. The fourth-order valence-corrected chi connectivity index (χ4v) is 2.71. The monoisotopic (exact) mass is 316 g/mol. The summed E-state index contributed by atoms with van der Waals surface area (Å²) >= 11 is 0. The van der Waals surface area contributed by atoms with Crippen LogP contribution in [0.2, 0.25) is 0 Å². The van der Waals surface area contributed by atoms with Crippen LogP contribution in [0.1, 0.15) is 32.7 Å². The summed E-state index contributed by atoms with van der Waals surface area (Å²) in [7, 11) is 0. The third-order valence-electron chi connectivity index (χ3n) is 4.15. The Morgan fingerprint density at radius 2 is 2.13 bits per heavy atom. The van der Waals surface area contributed by atoms with Crippen molar-refractivity contribution in [2.45, 2.75) is 26.8 Å². The van der Waals surface area contributed by atoms with Gasteiger partial charge in [0.25, 0.3) is 11.5 Å². The molecule has 1 aliphatic heterocycles. The first kappa shape index (κ1) is 15.4. The molecule has 0 unspecified atom stereocenters. The Bertz CT molecular complexity index is 845. The molecule has 1 amide bonds. The molecule has 0 spiro atoms. The third-order valence-corrected chi connectivity index (χ3v) is 4.15. The second kappa shape index (κ2) is 5.92. The number of anilines is 1. The van der Waals surface area contributed by atoms with Gasteiger partial charge in [-0.3, -0.25) is 9.59 Å². The number of benzene rings is 1. The lowest BCUT2D eigenvalue weighted by Crippen LogP contribution is -2.28. The van der Waals surface area contributed by atoms with E-state index in [0.29, 0.717) is 36.3 Å². The number of H-pyrrole nitrogens is 1. The van der Waals surface area contributed by atoms with E-state index < -0.39 is 17.3 Å². The number of nitrogens with zero attached hydrogens (tertiary/aromatic N) is 1. The molecule has 1 aliphatic rings. The molecule has 0 fully saturated rings. The fraction of sp³-hybridized carbons (Fsp3) is 0.312. The first-order chi connectivity index (χ1) is 11.0. The molecule has 2 heterocycles. The predicted octanol–water partition coefficient (Wildman–Crippen LogP) is 1.42. The number of nitrogens with one attached hydrogen (secondary N) is 3. The van der Waals surface area contributed by atoms with E-state index in [-0.39, 0.29) is 11.3 Å². The SMILES string of the molecule is Cc1n[nH]c(=O)c(C(=O)Nc2ccc3c(c2F)CCNC3)c1C. The molecular weight excluding hydrogens is 299 g/mol. The summed E-state index contributed by atoms with van der Waals surface area (Å²) in [6.07, 6.45) is 0.568. The van der Waals surface area contributed by atoms with Crippen LogP contribution in [0.15, 0.2) is 16.9 Å². The number of carbonyl (C=O) groups is 1. The van der Waals surface area contributed by atoms with Crippen LogP contribution >= 0.6 is 0 Å². The average Bonchev–Trinajstić information content (AvgIpc) is 2.54. The molecule has 0 radical (unpaired) electrons. The van der Waals surface area contributed by atoms with E-state index >= 15 is 0 Å². The molecule has 0 bridgehead atoms. The Morgan fingerprint density at radius 1 is 1.35 bits per heavy atom. The molecule has 6 nitrogen and oxygen atoms in total. The minimum Gasteiger partial charge on any atom is -0.319 e. The lowest BCUT2D eigenvalue weighted by molar-refractivity contribution is 0.102. The van der Waals surface area contributed by atoms with E-state index in [1.165, 1.54) is 6.07 Å². The summed E-state index contributed by atoms with van der Waals surface area (Å²) in [6, 6.07) is 3.31. The zero-order chi connectivity index (χ0) is 16.6. The highest BCUT2D eigenvalue weighted by Crippen LogP contribution is 2.25. The zero-order valence-corrected chi connectivity index (χ0v) is 12.9. The maximum atomic E-state index is 14.6. The van der Waals surface area contributed by atoms with Crippen LogP contribution in [0.4, 0.5) is 10.1 Å². The molecule has 1 aromatic carbocycles. The van der Waals surface area contributed by atoms with Crippen LogP contribution in [-0.4, -0.2) is 22.6 Å². The van der Waals surface area contributed by atoms with Crippen molar-refractivity contribution in [3.8, 4) is 0 Å². The Labute approximate surface area is 132 Å². The topological polar surface area (TPSA) is 86.9 Å². The quantitative estimate of drug-likeness (QED) is 0.782. The first-order valence-corrected chi connectivity index (χ1v) is 7.37. The van der Waals surface area contributed by atoms with Crippen molar-refractivity contribution in [3.05, 3.63) is 56.3 Å². The molecule has 1 aromatic heterocycles. The normalized spacial score (nSPS) is 13.5. The van der Waals surface area contributed by atoms with Gasteiger partial charge in [-0.1, -0.05) is 6.07 Å². The van der Waals surface area contributed by atoms with Crippen molar-refractivity contribution in [3.63, 3.8) is 0 Å². The Morgan fingerprint density at radius 3 is 2.91 bits per heavy atom. The lowest BCUT2D eigenvalue weighted by Gasteiger charge is -2.19. The van der Waals surface area contributed by atoms with Gasteiger partial charge in [0.2, 0.25) is 0 Å². The molecule has 23 heavy (non-hydrogen) atoms. The highest BCUT2D eigenvalue weighted by atomic mass is 19.1. The van der Waals surface area contributed by atoms with Gasteiger partial charge in [0.15, 0.2) is 0 Å². The number of aryl methyl sites for hydroxylation is 1. The lowest BCUT2D eigenvalue weighted by atomic mass is 9.99. The van der Waals surface area contributed by atoms with Crippen molar-refractivity contribution in [1.82, 2.24) is 15.5 Å². The molecule has 120 valence electrons. The number of halogens is 1. The second-order valence-corrected chi connectivity index (χ2v) is 5.58. The van der Waals surface area contributed by atoms with E-state index in [2.05, 4.69) is 20.8 Å². The molecule has 3 rings (SSSR count). The summed E-state index contributed by atoms with van der Waals surface area (Å²) < 4.78 is 14.6. The number of carbonyl (C=O) groups excluding carboxylic acids is 1. The largest absolute Gasteiger partial charge is 0.319 e. The summed E-state index contributed by atoms with van der Waals surface area (Å²) in [5.74, 6) is -1.07. The van der Waals surface area contributed by atoms with E-state index in [1.807, 2.05) is 0 Å². The number of amides is 1. The van der Waals surface area contributed by atoms with Gasteiger partial charge in [0, 0.05) is 6.54 Å². The zero-order valence-electron chi connectivity index (χ0n) is 12.9. The maximum absolute atomic E-state index is 14.6. The minimum absolute atomic E-state index is 0.0451. The molecule has 3 N–H and O–H groups in total. The van der Waals surface area contributed by atoms with Gasteiger partial charge in [-0.05, 0) is 49.6 Å². The predicted molar refractivity (Wildman–Crippen MR) is 84.1 cm³/mol. The highest BCUT2D eigenvalue weighted by molar-refractivity contribution is 6.05. The average molecular weight is 316 g/mol. The summed E-state index contributed by atoms with van der Waals surface area (Å²) in [6.45, 7) is 4.64. The number of hydrogen-bond acceptors (Lipinski definition) is 4. The van der Waals surface area contributed by atoms with E-state index in [1.54, 1.807) is 19.9 Å². The minimum atomic E-state index is -0.637. The first-order valence-electron chi connectivity index (χ1n) is 7.37. The Hall–Kier alpha value is -2.54. The van der Waals surface area contributed by atoms with Crippen LogP contribution in [0.25, 0.3) is 0 Å². The number of rotatable bonds is 2. The summed E-state index contributed by atoms with van der Waals surface area (Å²) in [5.41, 5.74) is 1.98. The molecule has 0 saturated heterocycles. The van der Waals surface area contributed by atoms with Gasteiger partial charge in [-0.2, -0.15) is 5.10 Å². The number of fused-ring (bicyclic) bond motifs is 1. The molecule has 0 atom stereocenters. The number of aromatic nitrogens is 2. The van der Waals surface area contributed by atoms with Crippen LogP contribution < -0.4 is 16.2 Å². The third kappa shape index (κ3) is 2.75. The van der Waals surface area contributed by atoms with E-state index in [9.17, 15) is 14.0 Å². The van der Waals surface area contributed by atoms with Gasteiger partial charge in [0.1, 0.15) is 11.4 Å². The van der Waals surface area contributed by atoms with Gasteiger partial charge in [-0.15, -0.1) is 0 Å². The Balaban J connectivity index is 1.96. The van der Waals surface area contributed by atoms with Crippen molar-refractivity contribution >= 4 is 11.6 Å². The van der Waals surface area contributed by atoms with Crippen LogP contribution in [-0.2, 0) is 13.0 Å². The fourth-order valence-electron chi connectivity index (χ4n) is 2.71. The molecule has 7 heteroatoms. The van der Waals surface area contributed by atoms with E-state index in [0.717, 1.165) is 5.56 Å². The molecule has 0 aliphatic carbocycles.